The zero-order chi connectivity index (χ0) is 13.8. The molecule has 1 unspecified atom stereocenters. The molecule has 1 aromatic rings. The van der Waals surface area contributed by atoms with Crippen LogP contribution in [0.5, 0.6) is 0 Å². The molecule has 6 heteroatoms. The molecule has 1 aromatic heterocycles. The molecule has 1 fully saturated rings. The third-order valence-corrected chi connectivity index (χ3v) is 4.83. The van der Waals surface area contributed by atoms with E-state index >= 15 is 0 Å². The summed E-state index contributed by atoms with van der Waals surface area (Å²) in [7, 11) is 0. The van der Waals surface area contributed by atoms with E-state index in [-0.39, 0.29) is 11.3 Å². The molecule has 2 rings (SSSR count). The van der Waals surface area contributed by atoms with Crippen molar-refractivity contribution in [3.63, 3.8) is 0 Å². The summed E-state index contributed by atoms with van der Waals surface area (Å²) in [5.41, 5.74) is 0.852. The predicted molar refractivity (Wildman–Crippen MR) is 77.8 cm³/mol. The first kappa shape index (κ1) is 14.7. The Bertz CT molecular complexity index is 427. The lowest BCUT2D eigenvalue weighted by Gasteiger charge is -2.32. The van der Waals surface area contributed by atoms with Crippen molar-refractivity contribution in [3.05, 3.63) is 10.6 Å². The quantitative estimate of drug-likeness (QED) is 0.803. The predicted octanol–water partition coefficient (Wildman–Crippen LogP) is 2.97. The molecule has 0 N–H and O–H groups in total. The Labute approximate surface area is 123 Å². The first-order valence-corrected chi connectivity index (χ1v) is 8.09. The molecule has 4 nitrogen and oxygen atoms in total. The van der Waals surface area contributed by atoms with Gasteiger partial charge in [-0.05, 0) is 43.6 Å². The van der Waals surface area contributed by atoms with Crippen LogP contribution in [0.2, 0.25) is 0 Å². The second kappa shape index (κ2) is 6.66. The van der Waals surface area contributed by atoms with Crippen molar-refractivity contribution in [1.29, 1.82) is 0 Å². The number of alkyl halides is 1. The molecule has 1 saturated heterocycles. The van der Waals surface area contributed by atoms with Crippen molar-refractivity contribution in [3.8, 4) is 0 Å². The Kier molecular flexibility index (Phi) is 5.16. The van der Waals surface area contributed by atoms with E-state index in [0.717, 1.165) is 49.3 Å². The van der Waals surface area contributed by atoms with Gasteiger partial charge < -0.3 is 4.90 Å². The highest BCUT2D eigenvalue weighted by Gasteiger charge is 2.28. The van der Waals surface area contributed by atoms with Crippen LogP contribution in [0.1, 0.15) is 48.5 Å². The fourth-order valence-corrected chi connectivity index (χ4v) is 3.41. The van der Waals surface area contributed by atoms with E-state index in [0.29, 0.717) is 5.92 Å². The van der Waals surface area contributed by atoms with Crippen LogP contribution in [-0.4, -0.2) is 38.9 Å². The maximum absolute atomic E-state index is 12.5. The van der Waals surface area contributed by atoms with Crippen molar-refractivity contribution in [2.24, 2.45) is 5.92 Å². The van der Waals surface area contributed by atoms with Crippen molar-refractivity contribution in [2.75, 3.05) is 13.1 Å². The van der Waals surface area contributed by atoms with Crippen LogP contribution in [0.15, 0.2) is 0 Å². The molecule has 106 valence electrons. The van der Waals surface area contributed by atoms with Crippen molar-refractivity contribution in [1.82, 2.24) is 14.5 Å². The lowest BCUT2D eigenvalue weighted by Crippen LogP contribution is -2.40. The zero-order valence-electron chi connectivity index (χ0n) is 11.4. The van der Waals surface area contributed by atoms with Crippen LogP contribution in [-0.2, 0) is 6.42 Å². The van der Waals surface area contributed by atoms with Gasteiger partial charge in [-0.2, -0.15) is 0 Å². The minimum absolute atomic E-state index is 0.0964. The Hall–Kier alpha value is -0.680. The molecular formula is C13H20ClN3OS. The normalized spacial score (nSPS) is 18.6. The number of likely N-dealkylation sites (tertiary alicyclic amines) is 1. The van der Waals surface area contributed by atoms with E-state index in [1.54, 1.807) is 0 Å². The average molecular weight is 302 g/mol. The SMILES string of the molecule is CCCc1nnsc1C(=O)N1CCC(C(C)Cl)CC1. The fraction of sp³-hybridized carbons (Fsp3) is 0.769. The molecule has 0 saturated carbocycles. The fourth-order valence-electron chi connectivity index (χ4n) is 2.48. The summed E-state index contributed by atoms with van der Waals surface area (Å²) in [4.78, 5) is 15.1. The lowest BCUT2D eigenvalue weighted by atomic mass is 9.94. The molecular weight excluding hydrogens is 282 g/mol. The van der Waals surface area contributed by atoms with Gasteiger partial charge in [0, 0.05) is 18.5 Å². The van der Waals surface area contributed by atoms with Crippen LogP contribution in [0.4, 0.5) is 0 Å². The highest BCUT2D eigenvalue weighted by molar-refractivity contribution is 7.08. The van der Waals surface area contributed by atoms with Gasteiger partial charge in [-0.15, -0.1) is 16.7 Å². The summed E-state index contributed by atoms with van der Waals surface area (Å²) in [6, 6.07) is 0. The molecule has 1 amide bonds. The van der Waals surface area contributed by atoms with Gasteiger partial charge in [-0.3, -0.25) is 4.79 Å². The third kappa shape index (κ3) is 3.45. The number of carbonyl (C=O) groups is 1. The highest BCUT2D eigenvalue weighted by atomic mass is 35.5. The smallest absolute Gasteiger partial charge is 0.267 e. The standard InChI is InChI=1S/C13H20ClN3OS/c1-3-4-11-12(19-16-15-11)13(18)17-7-5-10(6-8-17)9(2)14/h9-10H,3-8H2,1-2H3. The minimum Gasteiger partial charge on any atom is -0.338 e. The average Bonchev–Trinajstić information content (AvgIpc) is 2.87. The number of hydrogen-bond donors (Lipinski definition) is 0. The molecule has 19 heavy (non-hydrogen) atoms. The number of aryl methyl sites for hydroxylation is 1. The Morgan fingerprint density at radius 2 is 2.21 bits per heavy atom. The van der Waals surface area contributed by atoms with Crippen molar-refractivity contribution < 1.29 is 4.79 Å². The Balaban J connectivity index is 1.99. The molecule has 1 aliphatic rings. The zero-order valence-corrected chi connectivity index (χ0v) is 13.0. The van der Waals surface area contributed by atoms with Gasteiger partial charge in [0.25, 0.3) is 5.91 Å². The first-order chi connectivity index (χ1) is 9.13. The number of hydrogen-bond acceptors (Lipinski definition) is 4. The number of halogens is 1. The van der Waals surface area contributed by atoms with Crippen LogP contribution in [0, 0.1) is 5.92 Å². The Morgan fingerprint density at radius 1 is 1.53 bits per heavy atom. The maximum atomic E-state index is 12.5. The summed E-state index contributed by atoms with van der Waals surface area (Å²) in [5.74, 6) is 0.625. The monoisotopic (exact) mass is 301 g/mol. The molecule has 0 radical (unpaired) electrons. The summed E-state index contributed by atoms with van der Waals surface area (Å²) in [5, 5.41) is 4.26. The number of aromatic nitrogens is 2. The topological polar surface area (TPSA) is 46.1 Å². The third-order valence-electron chi connectivity index (χ3n) is 3.71. The van der Waals surface area contributed by atoms with E-state index in [4.69, 9.17) is 11.6 Å². The van der Waals surface area contributed by atoms with Crippen LogP contribution >= 0.6 is 23.1 Å². The van der Waals surface area contributed by atoms with Crippen LogP contribution < -0.4 is 0 Å². The van der Waals surface area contributed by atoms with Crippen molar-refractivity contribution >= 4 is 29.0 Å². The molecule has 0 aliphatic carbocycles. The number of rotatable bonds is 4. The van der Waals surface area contributed by atoms with Gasteiger partial charge in [0.15, 0.2) is 0 Å². The largest absolute Gasteiger partial charge is 0.338 e. The summed E-state index contributed by atoms with van der Waals surface area (Å²) >= 11 is 7.35. The lowest BCUT2D eigenvalue weighted by molar-refractivity contribution is 0.0693. The first-order valence-electron chi connectivity index (χ1n) is 6.88. The second-order valence-corrected chi connectivity index (χ2v) is 6.55. The van der Waals surface area contributed by atoms with Gasteiger partial charge >= 0.3 is 0 Å². The number of amides is 1. The Morgan fingerprint density at radius 3 is 2.79 bits per heavy atom. The number of piperidine rings is 1. The highest BCUT2D eigenvalue weighted by Crippen LogP contribution is 2.25. The van der Waals surface area contributed by atoms with Crippen molar-refractivity contribution in [2.45, 2.75) is 44.9 Å². The molecule has 0 bridgehead atoms. The van der Waals surface area contributed by atoms with E-state index in [2.05, 4.69) is 16.5 Å². The van der Waals surface area contributed by atoms with Crippen LogP contribution in [0.3, 0.4) is 0 Å². The minimum atomic E-state index is 0.0964. The molecule has 2 heterocycles. The molecule has 0 spiro atoms. The summed E-state index contributed by atoms with van der Waals surface area (Å²) in [6.45, 7) is 5.71. The van der Waals surface area contributed by atoms with Gasteiger partial charge in [0.2, 0.25) is 0 Å². The molecule has 1 aliphatic heterocycles. The molecule has 1 atom stereocenters. The van der Waals surface area contributed by atoms with Gasteiger partial charge in [-0.25, -0.2) is 0 Å². The van der Waals surface area contributed by atoms with E-state index in [9.17, 15) is 4.79 Å². The maximum Gasteiger partial charge on any atom is 0.267 e. The van der Waals surface area contributed by atoms with Gasteiger partial charge in [0.1, 0.15) is 4.88 Å². The van der Waals surface area contributed by atoms with E-state index < -0.39 is 0 Å². The van der Waals surface area contributed by atoms with E-state index in [1.165, 1.54) is 11.5 Å². The summed E-state index contributed by atoms with van der Waals surface area (Å²) in [6.07, 6.45) is 3.79. The van der Waals surface area contributed by atoms with E-state index in [1.807, 2.05) is 11.8 Å². The van der Waals surface area contributed by atoms with Gasteiger partial charge in [0.05, 0.1) is 5.69 Å². The van der Waals surface area contributed by atoms with Gasteiger partial charge in [-0.1, -0.05) is 17.8 Å². The molecule has 0 aromatic carbocycles. The van der Waals surface area contributed by atoms with Crippen LogP contribution in [0.25, 0.3) is 0 Å². The second-order valence-electron chi connectivity index (χ2n) is 5.11. The summed E-state index contributed by atoms with van der Waals surface area (Å²) < 4.78 is 3.92. The number of nitrogens with zero attached hydrogens (tertiary/aromatic N) is 3. The number of carbonyl (C=O) groups excluding carboxylic acids is 1.